The Morgan fingerprint density at radius 2 is 1.55 bits per heavy atom. The van der Waals surface area contributed by atoms with E-state index in [9.17, 15) is 0 Å². The van der Waals surface area contributed by atoms with Crippen LogP contribution in [0.4, 0.5) is 0 Å². The predicted octanol–water partition coefficient (Wildman–Crippen LogP) is 4.71. The van der Waals surface area contributed by atoms with Crippen LogP contribution in [0.5, 0.6) is 5.75 Å². The third-order valence-corrected chi connectivity index (χ3v) is 3.56. The Hall–Kier alpha value is -0.930. The lowest BCUT2D eigenvalue weighted by Crippen LogP contribution is -2.13. The molecule has 0 fully saturated rings. The summed E-state index contributed by atoms with van der Waals surface area (Å²) in [4.78, 5) is 0. The number of hydrogen-bond acceptors (Lipinski definition) is 2. The molecule has 2 aromatic rings. The van der Waals surface area contributed by atoms with Gasteiger partial charge in [-0.05, 0) is 29.8 Å². The van der Waals surface area contributed by atoms with E-state index in [1.807, 2.05) is 42.5 Å². The maximum Gasteiger partial charge on any atom is 0.118 e. The second-order valence-electron chi connectivity index (χ2n) is 4.15. The van der Waals surface area contributed by atoms with Gasteiger partial charge in [0.15, 0.2) is 0 Å². The normalized spacial score (nSPS) is 9.95. The van der Waals surface area contributed by atoms with Crippen LogP contribution in [0.2, 0.25) is 10.0 Å². The zero-order valence-electron chi connectivity index (χ0n) is 11.0. The van der Waals surface area contributed by atoms with Crippen molar-refractivity contribution >= 4 is 35.6 Å². The lowest BCUT2D eigenvalue weighted by atomic mass is 10.2. The fourth-order valence-electron chi connectivity index (χ4n) is 1.78. The molecule has 20 heavy (non-hydrogen) atoms. The average Bonchev–Trinajstić information content (AvgIpc) is 2.43. The van der Waals surface area contributed by atoms with Gasteiger partial charge in [0.25, 0.3) is 0 Å². The molecule has 0 aromatic heterocycles. The summed E-state index contributed by atoms with van der Waals surface area (Å²) in [6, 6.07) is 13.5. The minimum Gasteiger partial charge on any atom is -0.497 e. The number of hydrogen-bond donors (Lipinski definition) is 1. The van der Waals surface area contributed by atoms with Crippen LogP contribution in [0.15, 0.2) is 42.5 Å². The molecular formula is C15H16Cl3NO. The molecule has 0 spiro atoms. The zero-order chi connectivity index (χ0) is 13.7. The van der Waals surface area contributed by atoms with E-state index in [-0.39, 0.29) is 12.4 Å². The Morgan fingerprint density at radius 3 is 2.10 bits per heavy atom. The van der Waals surface area contributed by atoms with E-state index in [1.165, 1.54) is 5.56 Å². The molecule has 0 saturated carbocycles. The van der Waals surface area contributed by atoms with Crippen molar-refractivity contribution in [2.45, 2.75) is 13.1 Å². The van der Waals surface area contributed by atoms with Crippen LogP contribution in [0.25, 0.3) is 0 Å². The van der Waals surface area contributed by atoms with Gasteiger partial charge < -0.3 is 10.1 Å². The summed E-state index contributed by atoms with van der Waals surface area (Å²) in [7, 11) is 1.66. The van der Waals surface area contributed by atoms with Crippen molar-refractivity contribution in [2.75, 3.05) is 7.11 Å². The smallest absolute Gasteiger partial charge is 0.118 e. The zero-order valence-corrected chi connectivity index (χ0v) is 13.4. The summed E-state index contributed by atoms with van der Waals surface area (Å²) in [5.74, 6) is 0.859. The molecule has 0 aliphatic carbocycles. The summed E-state index contributed by atoms with van der Waals surface area (Å²) >= 11 is 12.2. The molecule has 0 amide bonds. The molecule has 0 aliphatic rings. The molecule has 0 radical (unpaired) electrons. The highest BCUT2D eigenvalue weighted by molar-refractivity contribution is 6.35. The minimum absolute atomic E-state index is 0. The molecule has 0 atom stereocenters. The van der Waals surface area contributed by atoms with Crippen LogP contribution in [-0.2, 0) is 13.1 Å². The van der Waals surface area contributed by atoms with Gasteiger partial charge >= 0.3 is 0 Å². The topological polar surface area (TPSA) is 21.3 Å². The molecule has 1 N–H and O–H groups in total. The number of rotatable bonds is 5. The first-order chi connectivity index (χ1) is 9.20. The van der Waals surface area contributed by atoms with E-state index in [0.29, 0.717) is 16.6 Å². The third kappa shape index (κ3) is 4.57. The van der Waals surface area contributed by atoms with Crippen LogP contribution in [0.3, 0.4) is 0 Å². The van der Waals surface area contributed by atoms with Gasteiger partial charge in [-0.15, -0.1) is 12.4 Å². The van der Waals surface area contributed by atoms with Crippen molar-refractivity contribution in [2.24, 2.45) is 0 Å². The summed E-state index contributed by atoms with van der Waals surface area (Å²) in [5.41, 5.74) is 2.11. The Kier molecular flexibility index (Phi) is 7.17. The number of ether oxygens (including phenoxy) is 1. The first-order valence-electron chi connectivity index (χ1n) is 5.97. The van der Waals surface area contributed by atoms with E-state index in [0.717, 1.165) is 17.9 Å². The van der Waals surface area contributed by atoms with E-state index >= 15 is 0 Å². The Balaban J connectivity index is 0.00000200. The van der Waals surface area contributed by atoms with Gasteiger partial charge in [-0.1, -0.05) is 41.4 Å². The monoisotopic (exact) mass is 331 g/mol. The lowest BCUT2D eigenvalue weighted by molar-refractivity contribution is 0.414. The lowest BCUT2D eigenvalue weighted by Gasteiger charge is -2.09. The van der Waals surface area contributed by atoms with Gasteiger partial charge in [-0.3, -0.25) is 0 Å². The van der Waals surface area contributed by atoms with Gasteiger partial charge in [0.2, 0.25) is 0 Å². The first-order valence-corrected chi connectivity index (χ1v) is 6.73. The fourth-order valence-corrected chi connectivity index (χ4v) is 2.31. The van der Waals surface area contributed by atoms with Crippen LogP contribution >= 0.6 is 35.6 Å². The van der Waals surface area contributed by atoms with Gasteiger partial charge in [0.05, 0.1) is 7.11 Å². The number of nitrogens with one attached hydrogen (secondary N) is 1. The average molecular weight is 333 g/mol. The molecule has 0 unspecified atom stereocenters. The van der Waals surface area contributed by atoms with Gasteiger partial charge in [0.1, 0.15) is 5.75 Å². The van der Waals surface area contributed by atoms with Crippen molar-refractivity contribution in [3.63, 3.8) is 0 Å². The highest BCUT2D eigenvalue weighted by atomic mass is 35.5. The Labute approximate surface area is 135 Å². The molecule has 2 rings (SSSR count). The molecule has 0 aliphatic heterocycles. The quantitative estimate of drug-likeness (QED) is 0.856. The largest absolute Gasteiger partial charge is 0.497 e. The molecule has 108 valence electrons. The van der Waals surface area contributed by atoms with E-state index in [4.69, 9.17) is 27.9 Å². The van der Waals surface area contributed by atoms with Crippen molar-refractivity contribution in [3.8, 4) is 5.75 Å². The van der Waals surface area contributed by atoms with Crippen molar-refractivity contribution in [1.29, 1.82) is 0 Å². The van der Waals surface area contributed by atoms with E-state index in [1.54, 1.807) is 7.11 Å². The number of halogens is 3. The fraction of sp³-hybridized carbons (Fsp3) is 0.200. The van der Waals surface area contributed by atoms with E-state index < -0.39 is 0 Å². The Bertz CT molecular complexity index is 523. The molecule has 0 saturated heterocycles. The van der Waals surface area contributed by atoms with Gasteiger partial charge in [-0.25, -0.2) is 0 Å². The minimum atomic E-state index is 0. The number of methoxy groups -OCH3 is 1. The maximum absolute atomic E-state index is 6.11. The summed E-state index contributed by atoms with van der Waals surface area (Å²) in [6.07, 6.45) is 0. The van der Waals surface area contributed by atoms with Crippen molar-refractivity contribution in [3.05, 3.63) is 63.6 Å². The second kappa shape index (κ2) is 8.38. The summed E-state index contributed by atoms with van der Waals surface area (Å²) < 4.78 is 5.12. The standard InChI is InChI=1S/C15H15Cl2NO.ClH/c1-19-12-7-5-11(6-8-12)9-18-10-13-14(16)3-2-4-15(13)17;/h2-8,18H,9-10H2,1H3;1H. The molecule has 0 bridgehead atoms. The predicted molar refractivity (Wildman–Crippen MR) is 87.2 cm³/mol. The SMILES string of the molecule is COc1ccc(CNCc2c(Cl)cccc2Cl)cc1.Cl. The number of benzene rings is 2. The van der Waals surface area contributed by atoms with Gasteiger partial charge in [-0.2, -0.15) is 0 Å². The third-order valence-electron chi connectivity index (χ3n) is 2.85. The van der Waals surface area contributed by atoms with Crippen LogP contribution in [0, 0.1) is 0 Å². The van der Waals surface area contributed by atoms with Crippen molar-refractivity contribution < 1.29 is 4.74 Å². The molecular weight excluding hydrogens is 317 g/mol. The summed E-state index contributed by atoms with van der Waals surface area (Å²) in [6.45, 7) is 1.40. The first kappa shape index (κ1) is 17.1. The van der Waals surface area contributed by atoms with Gasteiger partial charge in [0, 0.05) is 28.7 Å². The highest BCUT2D eigenvalue weighted by Gasteiger charge is 2.04. The van der Waals surface area contributed by atoms with Crippen LogP contribution in [0.1, 0.15) is 11.1 Å². The van der Waals surface area contributed by atoms with E-state index in [2.05, 4.69) is 5.32 Å². The maximum atomic E-state index is 6.11. The molecule has 2 aromatic carbocycles. The second-order valence-corrected chi connectivity index (χ2v) is 4.97. The Morgan fingerprint density at radius 1 is 0.950 bits per heavy atom. The summed E-state index contributed by atoms with van der Waals surface area (Å²) in [5, 5.41) is 4.71. The molecule has 0 heterocycles. The van der Waals surface area contributed by atoms with Crippen LogP contribution in [-0.4, -0.2) is 7.11 Å². The van der Waals surface area contributed by atoms with Crippen molar-refractivity contribution in [1.82, 2.24) is 5.32 Å². The molecule has 2 nitrogen and oxygen atoms in total. The molecule has 5 heteroatoms. The highest BCUT2D eigenvalue weighted by Crippen LogP contribution is 2.24. The van der Waals surface area contributed by atoms with Crippen LogP contribution < -0.4 is 10.1 Å².